The van der Waals surface area contributed by atoms with Gasteiger partial charge in [0.25, 0.3) is 5.91 Å². The van der Waals surface area contributed by atoms with Crippen LogP contribution in [0.3, 0.4) is 0 Å². The maximum Gasteiger partial charge on any atom is 0.251 e. The van der Waals surface area contributed by atoms with Crippen molar-refractivity contribution in [3.63, 3.8) is 0 Å². The number of carbonyl (C=O) groups excluding carboxylic acids is 1. The van der Waals surface area contributed by atoms with E-state index < -0.39 is 0 Å². The minimum Gasteiger partial charge on any atom is -0.348 e. The molecule has 3 rings (SSSR count). The number of rotatable bonds is 4. The molecule has 0 aliphatic rings. The summed E-state index contributed by atoms with van der Waals surface area (Å²) in [6.07, 6.45) is 3.69. The van der Waals surface area contributed by atoms with Crippen molar-refractivity contribution in [1.29, 1.82) is 0 Å². The molecule has 116 valence electrons. The number of nitrogens with one attached hydrogen (secondary N) is 1. The van der Waals surface area contributed by atoms with E-state index in [0.29, 0.717) is 17.1 Å². The third-order valence-corrected chi connectivity index (χ3v) is 3.82. The maximum absolute atomic E-state index is 12.1. The lowest BCUT2D eigenvalue weighted by molar-refractivity contribution is 0.0951. The molecule has 0 bridgehead atoms. The number of nitrogens with zero attached hydrogens (tertiary/aromatic N) is 2. The van der Waals surface area contributed by atoms with E-state index in [2.05, 4.69) is 10.3 Å². The van der Waals surface area contributed by atoms with Gasteiger partial charge in [0.2, 0.25) is 0 Å². The number of aryl methyl sites for hydroxylation is 1. The van der Waals surface area contributed by atoms with Crippen LogP contribution < -0.4 is 5.32 Å². The summed E-state index contributed by atoms with van der Waals surface area (Å²) < 4.78 is 2.01. The van der Waals surface area contributed by atoms with Crippen molar-refractivity contribution in [2.24, 2.45) is 0 Å². The summed E-state index contributed by atoms with van der Waals surface area (Å²) in [6.45, 7) is 2.42. The highest BCUT2D eigenvalue weighted by atomic mass is 35.5. The Morgan fingerprint density at radius 2 is 2.00 bits per heavy atom. The molecule has 0 unspecified atom stereocenters. The number of benzene rings is 2. The lowest BCUT2D eigenvalue weighted by atomic mass is 10.2. The Morgan fingerprint density at radius 3 is 2.65 bits per heavy atom. The molecule has 0 fully saturated rings. The fraction of sp³-hybridized carbons (Fsp3) is 0.111. The van der Waals surface area contributed by atoms with Gasteiger partial charge in [0.05, 0.1) is 0 Å². The maximum atomic E-state index is 12.1. The Bertz CT molecular complexity index is 824. The van der Waals surface area contributed by atoms with Gasteiger partial charge in [0.15, 0.2) is 0 Å². The summed E-state index contributed by atoms with van der Waals surface area (Å²) in [4.78, 5) is 16.3. The number of aromatic nitrogens is 2. The number of imidazole rings is 1. The van der Waals surface area contributed by atoms with E-state index in [-0.39, 0.29) is 5.91 Å². The van der Waals surface area contributed by atoms with E-state index in [4.69, 9.17) is 11.6 Å². The number of hydrogen-bond acceptors (Lipinski definition) is 2. The quantitative estimate of drug-likeness (QED) is 0.793. The Hall–Kier alpha value is -2.59. The molecule has 0 aliphatic heterocycles. The predicted molar refractivity (Wildman–Crippen MR) is 90.9 cm³/mol. The van der Waals surface area contributed by atoms with Crippen molar-refractivity contribution in [3.05, 3.63) is 82.9 Å². The van der Waals surface area contributed by atoms with Crippen molar-refractivity contribution in [2.45, 2.75) is 13.5 Å². The average Bonchev–Trinajstić information content (AvgIpc) is 2.99. The van der Waals surface area contributed by atoms with Crippen LogP contribution in [0, 0.1) is 6.92 Å². The standard InChI is InChI=1S/C18H16ClN3O/c1-13-20-9-10-22(13)17-7-5-14(6-8-17)12-21-18(23)15-3-2-4-16(19)11-15/h2-11H,12H2,1H3,(H,21,23). The molecule has 1 amide bonds. The van der Waals surface area contributed by atoms with E-state index in [1.807, 2.05) is 42.0 Å². The van der Waals surface area contributed by atoms with Crippen molar-refractivity contribution < 1.29 is 4.79 Å². The minimum atomic E-state index is -0.137. The molecule has 4 nitrogen and oxygen atoms in total. The predicted octanol–water partition coefficient (Wildman–Crippen LogP) is 3.76. The first-order valence-electron chi connectivity index (χ1n) is 7.26. The molecule has 0 saturated heterocycles. The number of amides is 1. The molecule has 0 spiro atoms. The van der Waals surface area contributed by atoms with Crippen LogP contribution in [0.4, 0.5) is 0 Å². The monoisotopic (exact) mass is 325 g/mol. The molecule has 0 atom stereocenters. The van der Waals surface area contributed by atoms with Crippen LogP contribution in [0.15, 0.2) is 60.9 Å². The van der Waals surface area contributed by atoms with Gasteiger partial charge in [0.1, 0.15) is 5.82 Å². The zero-order valence-corrected chi connectivity index (χ0v) is 13.4. The molecular weight excluding hydrogens is 310 g/mol. The summed E-state index contributed by atoms with van der Waals surface area (Å²) in [6, 6.07) is 14.9. The van der Waals surface area contributed by atoms with Gasteiger partial charge in [0, 0.05) is 35.2 Å². The van der Waals surface area contributed by atoms with Crippen molar-refractivity contribution in [1.82, 2.24) is 14.9 Å². The summed E-state index contributed by atoms with van der Waals surface area (Å²) in [5, 5.41) is 3.44. The second-order valence-corrected chi connectivity index (χ2v) is 5.64. The van der Waals surface area contributed by atoms with Gasteiger partial charge in [-0.15, -0.1) is 0 Å². The van der Waals surface area contributed by atoms with Gasteiger partial charge in [-0.2, -0.15) is 0 Å². The Kier molecular flexibility index (Phi) is 4.44. The molecule has 1 heterocycles. The highest BCUT2D eigenvalue weighted by Crippen LogP contribution is 2.13. The molecule has 1 aromatic heterocycles. The average molecular weight is 326 g/mol. The number of hydrogen-bond donors (Lipinski definition) is 1. The lowest BCUT2D eigenvalue weighted by Gasteiger charge is -2.08. The van der Waals surface area contributed by atoms with Gasteiger partial charge in [-0.25, -0.2) is 4.98 Å². The fourth-order valence-corrected chi connectivity index (χ4v) is 2.53. The van der Waals surface area contributed by atoms with Crippen LogP contribution >= 0.6 is 11.6 Å². The third-order valence-electron chi connectivity index (χ3n) is 3.58. The van der Waals surface area contributed by atoms with E-state index >= 15 is 0 Å². The first kappa shape index (κ1) is 15.3. The molecule has 3 aromatic rings. The summed E-state index contributed by atoms with van der Waals surface area (Å²) in [7, 11) is 0. The molecule has 0 radical (unpaired) electrons. The smallest absolute Gasteiger partial charge is 0.251 e. The lowest BCUT2D eigenvalue weighted by Crippen LogP contribution is -2.22. The van der Waals surface area contributed by atoms with Crippen LogP contribution in [0.2, 0.25) is 5.02 Å². The number of halogens is 1. The first-order chi connectivity index (χ1) is 11.1. The van der Waals surface area contributed by atoms with Gasteiger partial charge < -0.3 is 9.88 Å². The van der Waals surface area contributed by atoms with Crippen molar-refractivity contribution in [3.8, 4) is 5.69 Å². The van der Waals surface area contributed by atoms with Gasteiger partial charge in [-0.3, -0.25) is 4.79 Å². The zero-order chi connectivity index (χ0) is 16.2. The second-order valence-electron chi connectivity index (χ2n) is 5.20. The first-order valence-corrected chi connectivity index (χ1v) is 7.64. The van der Waals surface area contributed by atoms with E-state index in [9.17, 15) is 4.79 Å². The summed E-state index contributed by atoms with van der Waals surface area (Å²) in [5.41, 5.74) is 2.63. The van der Waals surface area contributed by atoms with Crippen LogP contribution in [0.25, 0.3) is 5.69 Å². The highest BCUT2D eigenvalue weighted by molar-refractivity contribution is 6.30. The largest absolute Gasteiger partial charge is 0.348 e. The van der Waals surface area contributed by atoms with Gasteiger partial charge in [-0.1, -0.05) is 29.8 Å². The summed E-state index contributed by atoms with van der Waals surface area (Å²) >= 11 is 5.90. The van der Waals surface area contributed by atoms with Crippen LogP contribution in [0.5, 0.6) is 0 Å². The minimum absolute atomic E-state index is 0.137. The van der Waals surface area contributed by atoms with Crippen LogP contribution in [-0.2, 0) is 6.54 Å². The fourth-order valence-electron chi connectivity index (χ4n) is 2.34. The normalized spacial score (nSPS) is 10.5. The Balaban J connectivity index is 1.65. The zero-order valence-electron chi connectivity index (χ0n) is 12.7. The van der Waals surface area contributed by atoms with Crippen molar-refractivity contribution >= 4 is 17.5 Å². The Labute approximate surface area is 139 Å². The molecule has 23 heavy (non-hydrogen) atoms. The van der Waals surface area contributed by atoms with Crippen LogP contribution in [-0.4, -0.2) is 15.5 Å². The van der Waals surface area contributed by atoms with Gasteiger partial charge >= 0.3 is 0 Å². The topological polar surface area (TPSA) is 46.9 Å². The molecule has 0 saturated carbocycles. The van der Waals surface area contributed by atoms with E-state index in [1.54, 1.807) is 30.5 Å². The number of carbonyl (C=O) groups is 1. The molecule has 5 heteroatoms. The van der Waals surface area contributed by atoms with Crippen molar-refractivity contribution in [2.75, 3.05) is 0 Å². The van der Waals surface area contributed by atoms with Gasteiger partial charge in [-0.05, 0) is 42.8 Å². The van der Waals surface area contributed by atoms with Crippen LogP contribution in [0.1, 0.15) is 21.7 Å². The molecular formula is C18H16ClN3O. The highest BCUT2D eigenvalue weighted by Gasteiger charge is 2.06. The molecule has 1 N–H and O–H groups in total. The Morgan fingerprint density at radius 1 is 1.22 bits per heavy atom. The van der Waals surface area contributed by atoms with E-state index in [1.165, 1.54) is 0 Å². The molecule has 2 aromatic carbocycles. The summed E-state index contributed by atoms with van der Waals surface area (Å²) in [5.74, 6) is 0.800. The third kappa shape index (κ3) is 3.60. The van der Waals surface area contributed by atoms with E-state index in [0.717, 1.165) is 17.1 Å². The second kappa shape index (κ2) is 6.67. The molecule has 0 aliphatic carbocycles. The SMILES string of the molecule is Cc1nccn1-c1ccc(CNC(=O)c2cccc(Cl)c2)cc1.